The normalized spacial score (nSPS) is 13.5. The van der Waals surface area contributed by atoms with Gasteiger partial charge in [0.15, 0.2) is 0 Å². The van der Waals surface area contributed by atoms with Crippen molar-refractivity contribution in [1.82, 2.24) is 14.4 Å². The summed E-state index contributed by atoms with van der Waals surface area (Å²) < 4.78 is 2.26. The average Bonchev–Trinajstić information content (AvgIpc) is 3.58. The van der Waals surface area contributed by atoms with Crippen LogP contribution < -0.4 is 0 Å². The van der Waals surface area contributed by atoms with Crippen molar-refractivity contribution in [2.75, 3.05) is 0 Å². The zero-order valence-electron chi connectivity index (χ0n) is 18.9. The molecule has 3 heterocycles. The van der Waals surface area contributed by atoms with E-state index in [1.807, 2.05) is 12.3 Å². The molecule has 3 heteroatoms. The van der Waals surface area contributed by atoms with Crippen molar-refractivity contribution in [1.29, 1.82) is 0 Å². The van der Waals surface area contributed by atoms with Gasteiger partial charge in [-0.15, -0.1) is 0 Å². The smallest absolute Gasteiger partial charge is 0.147 e. The van der Waals surface area contributed by atoms with Gasteiger partial charge in [-0.1, -0.05) is 48.5 Å². The molecule has 35 heavy (non-hydrogen) atoms. The van der Waals surface area contributed by atoms with Crippen LogP contribution in [0, 0.1) is 0 Å². The molecule has 0 spiro atoms. The molecule has 0 amide bonds. The van der Waals surface area contributed by atoms with Crippen LogP contribution >= 0.6 is 0 Å². The highest BCUT2D eigenvalue weighted by atomic mass is 15.1. The number of fused-ring (bicyclic) bond motifs is 15. The van der Waals surface area contributed by atoms with Gasteiger partial charge in [0.2, 0.25) is 0 Å². The zero-order chi connectivity index (χ0) is 22.7. The predicted octanol–water partition coefficient (Wildman–Crippen LogP) is 7.33. The first-order valence-corrected chi connectivity index (χ1v) is 12.2. The second kappa shape index (κ2) is 6.13. The summed E-state index contributed by atoms with van der Waals surface area (Å²) in [5.41, 5.74) is 15.3. The maximum atomic E-state index is 5.15. The molecule has 162 valence electrons. The van der Waals surface area contributed by atoms with Crippen molar-refractivity contribution in [3.05, 3.63) is 113 Å². The van der Waals surface area contributed by atoms with E-state index in [9.17, 15) is 0 Å². The Balaban J connectivity index is 1.40. The lowest BCUT2D eigenvalue weighted by atomic mass is 9.97. The second-order valence-corrected chi connectivity index (χ2v) is 9.83. The van der Waals surface area contributed by atoms with Crippen molar-refractivity contribution in [3.63, 3.8) is 0 Å². The number of hydrogen-bond donors (Lipinski definition) is 0. The van der Waals surface area contributed by atoms with Crippen LogP contribution in [0.25, 0.3) is 60.7 Å². The number of imidazole rings is 1. The molecule has 0 saturated heterocycles. The highest BCUT2D eigenvalue weighted by Gasteiger charge is 2.28. The molecule has 0 unspecified atom stereocenters. The van der Waals surface area contributed by atoms with Crippen LogP contribution in [0.5, 0.6) is 0 Å². The molecule has 0 N–H and O–H groups in total. The van der Waals surface area contributed by atoms with Crippen molar-refractivity contribution < 1.29 is 0 Å². The highest BCUT2D eigenvalue weighted by molar-refractivity contribution is 6.16. The predicted molar refractivity (Wildman–Crippen MR) is 142 cm³/mol. The molecule has 0 radical (unpaired) electrons. The van der Waals surface area contributed by atoms with E-state index in [0.717, 1.165) is 35.2 Å². The van der Waals surface area contributed by atoms with Gasteiger partial charge in [-0.3, -0.25) is 4.40 Å². The van der Waals surface area contributed by atoms with Crippen LogP contribution in [0.4, 0.5) is 0 Å². The lowest BCUT2D eigenvalue weighted by Crippen LogP contribution is -1.96. The fourth-order valence-corrected chi connectivity index (χ4v) is 6.57. The van der Waals surface area contributed by atoms with Gasteiger partial charge in [0.1, 0.15) is 11.3 Å². The van der Waals surface area contributed by atoms with Gasteiger partial charge in [-0.25, -0.2) is 9.97 Å². The molecule has 0 bridgehead atoms. The number of rotatable bonds is 0. The average molecular weight is 446 g/mol. The zero-order valence-corrected chi connectivity index (χ0v) is 18.9. The summed E-state index contributed by atoms with van der Waals surface area (Å²) in [4.78, 5) is 9.95. The Hall–Kier alpha value is -4.50. The Morgan fingerprint density at radius 1 is 0.600 bits per heavy atom. The van der Waals surface area contributed by atoms with Crippen LogP contribution in [0.2, 0.25) is 0 Å². The third kappa shape index (κ3) is 2.17. The van der Waals surface area contributed by atoms with Crippen LogP contribution in [-0.2, 0) is 12.8 Å². The quantitative estimate of drug-likeness (QED) is 0.229. The van der Waals surface area contributed by atoms with Gasteiger partial charge >= 0.3 is 0 Å². The van der Waals surface area contributed by atoms with Gasteiger partial charge in [0.25, 0.3) is 0 Å². The topological polar surface area (TPSA) is 30.2 Å². The molecule has 0 fully saturated rings. The number of para-hydroxylation sites is 2. The molecule has 3 aromatic heterocycles. The minimum atomic E-state index is 0.933. The minimum absolute atomic E-state index is 0.933. The lowest BCUT2D eigenvalue weighted by Gasteiger charge is -2.12. The number of aromatic nitrogens is 3. The summed E-state index contributed by atoms with van der Waals surface area (Å²) in [5.74, 6) is 0. The van der Waals surface area contributed by atoms with Crippen molar-refractivity contribution in [2.24, 2.45) is 0 Å². The molecule has 2 aliphatic rings. The Morgan fingerprint density at radius 3 is 2.40 bits per heavy atom. The van der Waals surface area contributed by atoms with Crippen molar-refractivity contribution >= 4 is 38.5 Å². The van der Waals surface area contributed by atoms with E-state index in [0.29, 0.717) is 0 Å². The summed E-state index contributed by atoms with van der Waals surface area (Å²) in [6.07, 6.45) is 3.83. The van der Waals surface area contributed by atoms with E-state index >= 15 is 0 Å². The Morgan fingerprint density at radius 2 is 1.43 bits per heavy atom. The maximum absolute atomic E-state index is 5.15. The van der Waals surface area contributed by atoms with Gasteiger partial charge < -0.3 is 0 Å². The Bertz CT molecular complexity index is 2060. The molecular weight excluding hydrogens is 426 g/mol. The Kier molecular flexibility index (Phi) is 3.14. The maximum Gasteiger partial charge on any atom is 0.147 e. The largest absolute Gasteiger partial charge is 0.276 e. The first-order valence-electron chi connectivity index (χ1n) is 12.2. The van der Waals surface area contributed by atoms with E-state index in [-0.39, 0.29) is 0 Å². The van der Waals surface area contributed by atoms with Gasteiger partial charge in [-0.2, -0.15) is 0 Å². The second-order valence-electron chi connectivity index (χ2n) is 9.83. The monoisotopic (exact) mass is 445 g/mol. The SMILES string of the molecule is c1ccc2c(c1)Cc1cc3c(cc1-2)Cc1c-3ccc2c3cccnc3n3c4ccccc4nc3c12. The molecule has 3 nitrogen and oxygen atoms in total. The third-order valence-corrected chi connectivity index (χ3v) is 8.06. The first kappa shape index (κ1) is 17.9. The molecule has 7 aromatic rings. The van der Waals surface area contributed by atoms with E-state index in [1.54, 1.807) is 0 Å². The van der Waals surface area contributed by atoms with E-state index < -0.39 is 0 Å². The Labute approximate surface area is 201 Å². The summed E-state index contributed by atoms with van der Waals surface area (Å²) in [5, 5.41) is 3.67. The molecular formula is C32H19N3. The van der Waals surface area contributed by atoms with E-state index in [1.165, 1.54) is 60.7 Å². The van der Waals surface area contributed by atoms with E-state index in [4.69, 9.17) is 9.97 Å². The van der Waals surface area contributed by atoms with Crippen LogP contribution in [-0.4, -0.2) is 14.4 Å². The number of benzene rings is 4. The summed E-state index contributed by atoms with van der Waals surface area (Å²) in [7, 11) is 0. The van der Waals surface area contributed by atoms with Gasteiger partial charge in [0.05, 0.1) is 11.0 Å². The van der Waals surface area contributed by atoms with Crippen molar-refractivity contribution in [3.8, 4) is 22.3 Å². The lowest BCUT2D eigenvalue weighted by molar-refractivity contribution is 1.22. The standard InChI is InChI=1S/C32H19N3/c1-2-7-21-18(6-1)14-19-15-26-20(16-25(19)21)17-27-22(26)11-12-23-24-8-5-13-33-31(24)35-29-10-4-3-9-28(29)34-32(35)30(23)27/h1-13,15-16H,14,17H2. The van der Waals surface area contributed by atoms with Crippen LogP contribution in [0.15, 0.2) is 91.1 Å². The van der Waals surface area contributed by atoms with Crippen LogP contribution in [0.1, 0.15) is 22.3 Å². The number of nitrogens with zero attached hydrogens (tertiary/aromatic N) is 3. The molecule has 0 saturated carbocycles. The third-order valence-electron chi connectivity index (χ3n) is 8.06. The number of hydrogen-bond acceptors (Lipinski definition) is 2. The fourth-order valence-electron chi connectivity index (χ4n) is 6.57. The van der Waals surface area contributed by atoms with Crippen molar-refractivity contribution in [2.45, 2.75) is 12.8 Å². The molecule has 9 rings (SSSR count). The molecule has 4 aromatic carbocycles. The van der Waals surface area contributed by atoms with Gasteiger partial charge in [0, 0.05) is 17.0 Å². The van der Waals surface area contributed by atoms with E-state index in [2.05, 4.69) is 83.3 Å². The highest BCUT2D eigenvalue weighted by Crippen LogP contribution is 2.47. The summed E-state index contributed by atoms with van der Waals surface area (Å²) >= 11 is 0. The molecule has 0 aliphatic heterocycles. The summed E-state index contributed by atoms with van der Waals surface area (Å²) in [6, 6.07) is 31.0. The first-order chi connectivity index (χ1) is 17.3. The number of pyridine rings is 2. The minimum Gasteiger partial charge on any atom is -0.276 e. The summed E-state index contributed by atoms with van der Waals surface area (Å²) in [6.45, 7) is 0. The molecule has 2 aliphatic carbocycles. The van der Waals surface area contributed by atoms with Crippen LogP contribution in [0.3, 0.4) is 0 Å². The van der Waals surface area contributed by atoms with Gasteiger partial charge in [-0.05, 0) is 99.1 Å². The fraction of sp³-hybridized carbons (Fsp3) is 0.0625. The molecule has 0 atom stereocenters.